The Morgan fingerprint density at radius 2 is 1.88 bits per heavy atom. The fourth-order valence-corrected chi connectivity index (χ4v) is 4.74. The average Bonchev–Trinajstić information content (AvgIpc) is 2.43. The number of β-lactam (4-membered cyclic amide) rings is 1. The zero-order valence-electron chi connectivity index (χ0n) is 14.3. The van der Waals surface area contributed by atoms with Crippen molar-refractivity contribution in [3.05, 3.63) is 11.3 Å². The summed E-state index contributed by atoms with van der Waals surface area (Å²) >= 11 is 0. The van der Waals surface area contributed by atoms with Crippen LogP contribution in [0.5, 0.6) is 0 Å². The Hall–Kier alpha value is -1.74. The Bertz CT molecular complexity index is 729. The molecular formula is C15H21NO7S. The Kier molecular flexibility index (Phi) is 4.62. The highest BCUT2D eigenvalue weighted by atomic mass is 32.2. The number of ketones is 1. The molecule has 24 heavy (non-hydrogen) atoms. The van der Waals surface area contributed by atoms with Crippen molar-refractivity contribution in [1.82, 2.24) is 4.90 Å². The van der Waals surface area contributed by atoms with Gasteiger partial charge in [0, 0.05) is 25.0 Å². The lowest BCUT2D eigenvalue weighted by Crippen LogP contribution is -2.71. The van der Waals surface area contributed by atoms with Gasteiger partial charge in [-0.1, -0.05) is 20.8 Å². The fraction of sp³-hybridized carbons (Fsp3) is 0.667. The Morgan fingerprint density at radius 1 is 1.29 bits per heavy atom. The molecule has 1 saturated heterocycles. The Balaban J connectivity index is 2.56. The largest absolute Gasteiger partial charge is 0.461 e. The first kappa shape index (κ1) is 18.6. The lowest BCUT2D eigenvalue weighted by atomic mass is 9.85. The van der Waals surface area contributed by atoms with Gasteiger partial charge in [0.1, 0.15) is 6.61 Å². The number of allylic oxidation sites excluding steroid dienone is 1. The van der Waals surface area contributed by atoms with Crippen LogP contribution in [0.15, 0.2) is 11.3 Å². The highest BCUT2D eigenvalue weighted by molar-refractivity contribution is 7.92. The van der Waals surface area contributed by atoms with Gasteiger partial charge in [-0.2, -0.15) is 0 Å². The molecule has 2 heterocycles. The van der Waals surface area contributed by atoms with Crippen LogP contribution >= 0.6 is 0 Å². The van der Waals surface area contributed by atoms with E-state index in [9.17, 15) is 22.8 Å². The molecule has 8 nitrogen and oxygen atoms in total. The number of nitrogens with zero attached hydrogens (tertiary/aromatic N) is 1. The second-order valence-electron chi connectivity index (χ2n) is 6.87. The molecule has 0 aromatic rings. The normalized spacial score (nSPS) is 25.9. The summed E-state index contributed by atoms with van der Waals surface area (Å²) in [5.41, 5.74) is -0.716. The Morgan fingerprint density at radius 3 is 2.33 bits per heavy atom. The maximum Gasteiger partial charge on any atom is 0.302 e. The van der Waals surface area contributed by atoms with Gasteiger partial charge in [-0.05, 0) is 0 Å². The van der Waals surface area contributed by atoms with Crippen LogP contribution in [-0.2, 0) is 33.7 Å². The number of methoxy groups -OCH3 is 1. The van der Waals surface area contributed by atoms with Crippen LogP contribution in [0.4, 0.5) is 0 Å². The zero-order chi connectivity index (χ0) is 18.4. The molecule has 1 unspecified atom stereocenters. The van der Waals surface area contributed by atoms with Gasteiger partial charge in [0.05, 0.1) is 11.4 Å². The maximum atomic E-state index is 12.8. The minimum Gasteiger partial charge on any atom is -0.461 e. The third-order valence-electron chi connectivity index (χ3n) is 3.91. The van der Waals surface area contributed by atoms with Gasteiger partial charge in [-0.25, -0.2) is 8.42 Å². The molecule has 0 bridgehead atoms. The smallest absolute Gasteiger partial charge is 0.302 e. The van der Waals surface area contributed by atoms with Crippen molar-refractivity contribution < 1.29 is 32.3 Å². The van der Waals surface area contributed by atoms with Crippen LogP contribution in [0.1, 0.15) is 27.7 Å². The number of carbonyl (C=O) groups excluding carboxylic acids is 3. The second kappa shape index (κ2) is 5.96. The summed E-state index contributed by atoms with van der Waals surface area (Å²) in [4.78, 5) is 37.1. The molecule has 1 amide bonds. The van der Waals surface area contributed by atoms with Gasteiger partial charge in [-0.3, -0.25) is 19.3 Å². The van der Waals surface area contributed by atoms with E-state index in [-0.39, 0.29) is 23.7 Å². The number of hydrogen-bond acceptors (Lipinski definition) is 7. The van der Waals surface area contributed by atoms with E-state index in [0.29, 0.717) is 0 Å². The van der Waals surface area contributed by atoms with Crippen LogP contribution < -0.4 is 0 Å². The average molecular weight is 359 g/mol. The van der Waals surface area contributed by atoms with Crippen LogP contribution in [0.2, 0.25) is 0 Å². The SMILES string of the molecule is CO[C@H]1C(=O)N2C(C(=O)C(C)(C)C)=C(COC(C)=O)CS(=O)(=O)C12. The third-order valence-corrected chi connectivity index (χ3v) is 5.86. The van der Waals surface area contributed by atoms with Crippen molar-refractivity contribution in [3.63, 3.8) is 0 Å². The summed E-state index contributed by atoms with van der Waals surface area (Å²) in [7, 11) is -2.50. The van der Waals surface area contributed by atoms with Gasteiger partial charge >= 0.3 is 5.97 Å². The zero-order valence-corrected chi connectivity index (χ0v) is 15.1. The monoisotopic (exact) mass is 359 g/mol. The predicted octanol–water partition coefficient (Wildman–Crippen LogP) is 0.0305. The minimum absolute atomic E-state index is 0.00174. The molecule has 2 atom stereocenters. The summed E-state index contributed by atoms with van der Waals surface area (Å²) in [6, 6.07) is 0. The molecule has 2 aliphatic rings. The predicted molar refractivity (Wildman–Crippen MR) is 83.3 cm³/mol. The number of esters is 1. The first-order chi connectivity index (χ1) is 10.9. The van der Waals surface area contributed by atoms with E-state index in [1.165, 1.54) is 14.0 Å². The highest BCUT2D eigenvalue weighted by Gasteiger charge is 2.60. The van der Waals surface area contributed by atoms with Crippen molar-refractivity contribution in [3.8, 4) is 0 Å². The summed E-state index contributed by atoms with van der Waals surface area (Å²) in [6.07, 6.45) is -1.12. The van der Waals surface area contributed by atoms with Crippen LogP contribution in [-0.4, -0.2) is 61.9 Å². The number of Topliss-reactive ketones (excluding diaryl/α,β-unsaturated/α-hetero) is 1. The molecule has 9 heteroatoms. The molecule has 2 rings (SSSR count). The lowest BCUT2D eigenvalue weighted by molar-refractivity contribution is -0.161. The molecule has 1 fully saturated rings. The third kappa shape index (κ3) is 2.98. The number of fused-ring (bicyclic) bond motifs is 1. The molecule has 0 aromatic heterocycles. The first-order valence-corrected chi connectivity index (χ1v) is 9.11. The van der Waals surface area contributed by atoms with E-state index in [2.05, 4.69) is 0 Å². The van der Waals surface area contributed by atoms with Gasteiger partial charge in [0.25, 0.3) is 5.91 Å². The van der Waals surface area contributed by atoms with Crippen molar-refractivity contribution in [2.75, 3.05) is 19.5 Å². The minimum atomic E-state index is -3.75. The molecule has 2 aliphatic heterocycles. The molecule has 0 aromatic carbocycles. The van der Waals surface area contributed by atoms with Crippen LogP contribution in [0.25, 0.3) is 0 Å². The molecule has 0 saturated carbocycles. The number of sulfone groups is 1. The first-order valence-electron chi connectivity index (χ1n) is 7.39. The number of hydrogen-bond donors (Lipinski definition) is 0. The van der Waals surface area contributed by atoms with Crippen molar-refractivity contribution in [1.29, 1.82) is 0 Å². The van der Waals surface area contributed by atoms with Gasteiger partial charge < -0.3 is 9.47 Å². The quantitative estimate of drug-likeness (QED) is 0.515. The standard InChI is InChI=1S/C15H21NO7S/c1-8(17)23-6-9-7-24(20,21)14-11(22-5)13(19)16(14)10(9)12(18)15(2,3)4/h11,14H,6-7H2,1-5H3/t11-,14?/m0/s1. The number of ether oxygens (including phenoxy) is 2. The van der Waals surface area contributed by atoms with Crippen LogP contribution in [0.3, 0.4) is 0 Å². The van der Waals surface area contributed by atoms with Gasteiger partial charge in [-0.15, -0.1) is 0 Å². The van der Waals surface area contributed by atoms with E-state index < -0.39 is 44.4 Å². The number of amides is 1. The van der Waals surface area contributed by atoms with E-state index in [1.807, 2.05) is 0 Å². The van der Waals surface area contributed by atoms with E-state index in [0.717, 1.165) is 4.90 Å². The number of rotatable bonds is 4. The van der Waals surface area contributed by atoms with E-state index in [1.54, 1.807) is 20.8 Å². The summed E-state index contributed by atoms with van der Waals surface area (Å²) in [6.45, 7) is 5.84. The van der Waals surface area contributed by atoms with Crippen molar-refractivity contribution in [2.24, 2.45) is 5.41 Å². The van der Waals surface area contributed by atoms with Crippen molar-refractivity contribution >= 4 is 27.5 Å². The highest BCUT2D eigenvalue weighted by Crippen LogP contribution is 2.40. The summed E-state index contributed by atoms with van der Waals surface area (Å²) in [5.74, 6) is -2.02. The molecule has 134 valence electrons. The maximum absolute atomic E-state index is 12.8. The summed E-state index contributed by atoms with van der Waals surface area (Å²) < 4.78 is 34.8. The van der Waals surface area contributed by atoms with Crippen molar-refractivity contribution in [2.45, 2.75) is 39.2 Å². The van der Waals surface area contributed by atoms with E-state index in [4.69, 9.17) is 9.47 Å². The number of carbonyl (C=O) groups is 3. The second-order valence-corrected chi connectivity index (χ2v) is 8.97. The van der Waals surface area contributed by atoms with Gasteiger partial charge in [0.2, 0.25) is 0 Å². The topological polar surface area (TPSA) is 107 Å². The lowest BCUT2D eigenvalue weighted by Gasteiger charge is -2.49. The van der Waals surface area contributed by atoms with Gasteiger partial charge in [0.15, 0.2) is 27.1 Å². The molecular weight excluding hydrogens is 338 g/mol. The Labute approximate surface area is 140 Å². The summed E-state index contributed by atoms with van der Waals surface area (Å²) in [5, 5.41) is -1.21. The fourth-order valence-electron chi connectivity index (χ4n) is 2.73. The van der Waals surface area contributed by atoms with Crippen LogP contribution in [0, 0.1) is 5.41 Å². The molecule has 0 N–H and O–H groups in total. The molecule has 0 aliphatic carbocycles. The molecule has 0 radical (unpaired) electrons. The molecule has 0 spiro atoms. The van der Waals surface area contributed by atoms with E-state index >= 15 is 0 Å².